The Morgan fingerprint density at radius 2 is 1.82 bits per heavy atom. The first-order valence-electron chi connectivity index (χ1n) is 14.3. The number of benzene rings is 1. The standard InChI is InChI=1S/C31H31F3N6O4/c32-31(33,34)22-16-40(17-23(35)29(22)41)27-7-10-36-15-26(27)39-30(42)24-5-3-18-1-2-19(13-25(18)38-24)20-4-6-28(37-14-20)44-21-8-11-43-12-9-21/h1-7,10,13-15,21-23,29,41H,8-9,11-12,16-17,35H2,(H,39,42)/t22-,23+,29+/m0/s1. The maximum Gasteiger partial charge on any atom is 0.396 e. The number of rotatable bonds is 6. The Kier molecular flexibility index (Phi) is 8.34. The van der Waals surface area contributed by atoms with Gasteiger partial charge in [-0.3, -0.25) is 9.78 Å². The summed E-state index contributed by atoms with van der Waals surface area (Å²) in [6.07, 6.45) is -0.133. The summed E-state index contributed by atoms with van der Waals surface area (Å²) in [5.41, 5.74) is 8.77. The van der Waals surface area contributed by atoms with Gasteiger partial charge in [0.25, 0.3) is 5.91 Å². The zero-order valence-electron chi connectivity index (χ0n) is 23.6. The van der Waals surface area contributed by atoms with Crippen LogP contribution in [0.1, 0.15) is 23.3 Å². The number of hydrogen-bond donors (Lipinski definition) is 3. The zero-order chi connectivity index (χ0) is 30.8. The van der Waals surface area contributed by atoms with Crippen molar-refractivity contribution in [2.75, 3.05) is 36.5 Å². The monoisotopic (exact) mass is 608 g/mol. The highest BCUT2D eigenvalue weighted by Gasteiger charge is 2.50. The van der Waals surface area contributed by atoms with E-state index in [1.54, 1.807) is 18.3 Å². The Morgan fingerprint density at radius 1 is 1.05 bits per heavy atom. The number of aliphatic hydroxyl groups is 1. The number of ether oxygens (including phenoxy) is 2. The molecule has 2 aliphatic rings. The fourth-order valence-corrected chi connectivity index (χ4v) is 5.53. The highest BCUT2D eigenvalue weighted by Crippen LogP contribution is 2.37. The van der Waals surface area contributed by atoms with Crippen molar-refractivity contribution in [2.24, 2.45) is 11.7 Å². The van der Waals surface area contributed by atoms with Gasteiger partial charge < -0.3 is 30.5 Å². The van der Waals surface area contributed by atoms with E-state index in [9.17, 15) is 23.1 Å². The molecule has 0 unspecified atom stereocenters. The lowest BCUT2D eigenvalue weighted by molar-refractivity contribution is -0.203. The number of aromatic nitrogens is 3. The van der Waals surface area contributed by atoms with Crippen molar-refractivity contribution in [2.45, 2.75) is 37.3 Å². The van der Waals surface area contributed by atoms with Crippen LogP contribution in [0, 0.1) is 5.92 Å². The second kappa shape index (κ2) is 12.3. The number of anilines is 2. The third-order valence-corrected chi connectivity index (χ3v) is 7.96. The summed E-state index contributed by atoms with van der Waals surface area (Å²) < 4.78 is 52.2. The minimum absolute atomic E-state index is 0.0326. The lowest BCUT2D eigenvalue weighted by Crippen LogP contribution is -2.60. The van der Waals surface area contributed by atoms with E-state index in [-0.39, 0.29) is 24.0 Å². The summed E-state index contributed by atoms with van der Waals surface area (Å²) in [4.78, 5) is 27.7. The molecule has 1 aromatic carbocycles. The maximum absolute atomic E-state index is 13.6. The van der Waals surface area contributed by atoms with E-state index < -0.39 is 36.7 Å². The largest absolute Gasteiger partial charge is 0.474 e. The van der Waals surface area contributed by atoms with Gasteiger partial charge in [-0.1, -0.05) is 18.2 Å². The van der Waals surface area contributed by atoms with Gasteiger partial charge >= 0.3 is 6.18 Å². The number of nitrogens with one attached hydrogen (secondary N) is 1. The third-order valence-electron chi connectivity index (χ3n) is 7.96. The first-order chi connectivity index (χ1) is 21.2. The van der Waals surface area contributed by atoms with Gasteiger partial charge in [0.15, 0.2) is 0 Å². The fraction of sp³-hybridized carbons (Fsp3) is 0.355. The summed E-state index contributed by atoms with van der Waals surface area (Å²) in [6, 6.07) is 13.2. The van der Waals surface area contributed by atoms with E-state index in [1.165, 1.54) is 23.4 Å². The highest BCUT2D eigenvalue weighted by atomic mass is 19.4. The predicted molar refractivity (Wildman–Crippen MR) is 157 cm³/mol. The first-order valence-corrected chi connectivity index (χ1v) is 14.3. The van der Waals surface area contributed by atoms with Crippen LogP contribution in [0.3, 0.4) is 0 Å². The minimum atomic E-state index is -4.64. The number of nitrogens with two attached hydrogens (primary N) is 1. The van der Waals surface area contributed by atoms with Crippen molar-refractivity contribution in [1.29, 1.82) is 0 Å². The van der Waals surface area contributed by atoms with Gasteiger partial charge in [-0.25, -0.2) is 9.97 Å². The van der Waals surface area contributed by atoms with E-state index in [2.05, 4.69) is 20.3 Å². The number of fused-ring (bicyclic) bond motifs is 1. The molecular weight excluding hydrogens is 577 g/mol. The normalized spacial score (nSPS) is 21.3. The Hall–Kier alpha value is -4.33. The van der Waals surface area contributed by atoms with E-state index in [1.807, 2.05) is 30.3 Å². The molecule has 3 aromatic heterocycles. The van der Waals surface area contributed by atoms with Crippen molar-refractivity contribution < 1.29 is 32.5 Å². The van der Waals surface area contributed by atoms with Gasteiger partial charge in [-0.05, 0) is 29.8 Å². The zero-order valence-corrected chi connectivity index (χ0v) is 23.6. The Balaban J connectivity index is 1.19. The number of amides is 1. The molecule has 0 saturated carbocycles. The van der Waals surface area contributed by atoms with E-state index >= 15 is 0 Å². The van der Waals surface area contributed by atoms with Gasteiger partial charge in [0.2, 0.25) is 5.88 Å². The molecular formula is C31H31F3N6O4. The van der Waals surface area contributed by atoms with E-state index in [0.29, 0.717) is 30.3 Å². The van der Waals surface area contributed by atoms with E-state index in [0.717, 1.165) is 29.4 Å². The van der Waals surface area contributed by atoms with Crippen LogP contribution >= 0.6 is 0 Å². The van der Waals surface area contributed by atoms with Gasteiger partial charge in [-0.2, -0.15) is 13.2 Å². The maximum atomic E-state index is 13.6. The molecule has 0 spiro atoms. The minimum Gasteiger partial charge on any atom is -0.474 e. The third kappa shape index (κ3) is 6.44. The number of alkyl halides is 3. The smallest absolute Gasteiger partial charge is 0.396 e. The van der Waals surface area contributed by atoms with Crippen molar-refractivity contribution >= 4 is 28.2 Å². The molecule has 1 amide bonds. The molecule has 0 aliphatic carbocycles. The molecule has 13 heteroatoms. The molecule has 3 atom stereocenters. The highest BCUT2D eigenvalue weighted by molar-refractivity contribution is 6.05. The number of nitrogens with zero attached hydrogens (tertiary/aromatic N) is 4. The van der Waals surface area contributed by atoms with Crippen LogP contribution in [-0.2, 0) is 4.74 Å². The molecule has 0 radical (unpaired) electrons. The van der Waals surface area contributed by atoms with Gasteiger partial charge in [0.1, 0.15) is 11.8 Å². The number of piperidine rings is 1. The Labute approximate surface area is 251 Å². The number of carbonyl (C=O) groups excluding carboxylic acids is 1. The molecule has 44 heavy (non-hydrogen) atoms. The van der Waals surface area contributed by atoms with Gasteiger partial charge in [0.05, 0.1) is 48.3 Å². The molecule has 10 nitrogen and oxygen atoms in total. The Morgan fingerprint density at radius 3 is 2.57 bits per heavy atom. The fourth-order valence-electron chi connectivity index (χ4n) is 5.53. The molecule has 230 valence electrons. The molecule has 5 heterocycles. The summed E-state index contributed by atoms with van der Waals surface area (Å²) >= 11 is 0. The second-order valence-electron chi connectivity index (χ2n) is 11.0. The molecule has 6 rings (SSSR count). The van der Waals surface area contributed by atoms with Crippen LogP contribution in [0.4, 0.5) is 24.5 Å². The molecule has 0 bridgehead atoms. The van der Waals surface area contributed by atoms with Crippen molar-refractivity contribution in [3.8, 4) is 17.0 Å². The number of halogens is 3. The number of aliphatic hydroxyl groups excluding tert-OH is 1. The van der Waals surface area contributed by atoms with Crippen LogP contribution in [0.25, 0.3) is 22.0 Å². The van der Waals surface area contributed by atoms with Crippen LogP contribution in [0.15, 0.2) is 67.1 Å². The molecule has 4 aromatic rings. The summed E-state index contributed by atoms with van der Waals surface area (Å²) in [6.45, 7) is 0.808. The predicted octanol–water partition coefficient (Wildman–Crippen LogP) is 4.19. The average Bonchev–Trinajstić information content (AvgIpc) is 3.02. The van der Waals surface area contributed by atoms with Crippen LogP contribution in [0.5, 0.6) is 5.88 Å². The number of pyridine rings is 3. The lowest BCUT2D eigenvalue weighted by Gasteiger charge is -2.42. The van der Waals surface area contributed by atoms with Crippen molar-refractivity contribution in [3.63, 3.8) is 0 Å². The number of hydrogen-bond acceptors (Lipinski definition) is 9. The van der Waals surface area contributed by atoms with Crippen molar-refractivity contribution in [1.82, 2.24) is 15.0 Å². The molecule has 4 N–H and O–H groups in total. The molecule has 2 fully saturated rings. The van der Waals surface area contributed by atoms with Crippen molar-refractivity contribution in [3.05, 3.63) is 72.8 Å². The summed E-state index contributed by atoms with van der Waals surface area (Å²) in [5, 5.41) is 13.6. The molecule has 2 aliphatic heterocycles. The summed E-state index contributed by atoms with van der Waals surface area (Å²) in [7, 11) is 0. The van der Waals surface area contributed by atoms with Crippen LogP contribution < -0.4 is 20.7 Å². The quantitative estimate of drug-likeness (QED) is 0.295. The Bertz CT molecular complexity index is 1630. The van der Waals surface area contributed by atoms with Gasteiger partial charge in [0, 0.05) is 61.4 Å². The lowest BCUT2D eigenvalue weighted by atomic mass is 9.90. The van der Waals surface area contributed by atoms with Crippen LogP contribution in [-0.4, -0.2) is 76.7 Å². The second-order valence-corrected chi connectivity index (χ2v) is 11.0. The van der Waals surface area contributed by atoms with E-state index in [4.69, 9.17) is 15.2 Å². The average molecular weight is 609 g/mol. The first kappa shape index (κ1) is 29.7. The van der Waals surface area contributed by atoms with Crippen LogP contribution in [0.2, 0.25) is 0 Å². The van der Waals surface area contributed by atoms with Gasteiger partial charge in [-0.15, -0.1) is 0 Å². The SMILES string of the molecule is N[C@@H]1CN(c2ccncc2NC(=O)c2ccc3ccc(-c4ccc(OC5CCOCC5)nc4)cc3n2)C[C@H](C(F)(F)F)[C@H]1O. The topological polar surface area (TPSA) is 136 Å². The number of carbonyl (C=O) groups is 1. The summed E-state index contributed by atoms with van der Waals surface area (Å²) in [5.74, 6) is -2.05. The molecule has 2 saturated heterocycles.